The fourth-order valence-corrected chi connectivity index (χ4v) is 2.69. The Balaban J connectivity index is 1.81. The van der Waals surface area contributed by atoms with Crippen molar-refractivity contribution in [1.82, 2.24) is 15.5 Å². The van der Waals surface area contributed by atoms with Gasteiger partial charge in [0.2, 0.25) is 0 Å². The second-order valence-electron chi connectivity index (χ2n) is 7.51. The van der Waals surface area contributed by atoms with E-state index in [4.69, 9.17) is 4.74 Å². The van der Waals surface area contributed by atoms with Gasteiger partial charge in [-0.25, -0.2) is 9.59 Å². The lowest BCUT2D eigenvalue weighted by molar-refractivity contribution is 0.0151. The summed E-state index contributed by atoms with van der Waals surface area (Å²) in [6, 6.07) is 0.310. The first-order valence-corrected chi connectivity index (χ1v) is 8.29. The summed E-state index contributed by atoms with van der Waals surface area (Å²) < 4.78 is 5.43. The van der Waals surface area contributed by atoms with Crippen molar-refractivity contribution in [2.75, 3.05) is 13.1 Å². The molecule has 2 rings (SSSR count). The van der Waals surface area contributed by atoms with Crippen LogP contribution in [0.25, 0.3) is 0 Å². The number of hydrogen-bond donors (Lipinski definition) is 2. The molecule has 0 radical (unpaired) electrons. The van der Waals surface area contributed by atoms with Crippen LogP contribution in [0.4, 0.5) is 9.59 Å². The largest absolute Gasteiger partial charge is 0.444 e. The zero-order chi connectivity index (χ0) is 16.3. The molecule has 0 aromatic heterocycles. The average Bonchev–Trinajstić information content (AvgIpc) is 3.20. The number of hydrogen-bond acceptors (Lipinski definition) is 3. The van der Waals surface area contributed by atoms with E-state index in [0.29, 0.717) is 12.6 Å². The van der Waals surface area contributed by atoms with Gasteiger partial charge in [-0.3, -0.25) is 0 Å². The number of amides is 3. The molecule has 3 amide bonds. The number of nitrogens with one attached hydrogen (secondary N) is 2. The van der Waals surface area contributed by atoms with E-state index in [1.165, 1.54) is 0 Å². The minimum absolute atomic E-state index is 0.0454. The molecule has 2 fully saturated rings. The Morgan fingerprint density at radius 1 is 1.23 bits per heavy atom. The summed E-state index contributed by atoms with van der Waals surface area (Å²) in [6.07, 6.45) is 3.87. The van der Waals surface area contributed by atoms with E-state index in [-0.39, 0.29) is 24.1 Å². The molecule has 1 aliphatic carbocycles. The Kier molecular flexibility index (Phi) is 5.19. The molecule has 6 nitrogen and oxygen atoms in total. The highest BCUT2D eigenvalue weighted by Crippen LogP contribution is 2.22. The predicted octanol–water partition coefficient (Wildman–Crippen LogP) is 2.48. The lowest BCUT2D eigenvalue weighted by Crippen LogP contribution is -2.51. The standard InChI is InChI=1S/C16H29N3O3/c1-11(17-14(20)18-13-7-8-13)12-6-5-9-19(10-12)15(21)22-16(2,3)4/h11-13H,5-10H2,1-4H3,(H2,17,18,20). The smallest absolute Gasteiger partial charge is 0.410 e. The Morgan fingerprint density at radius 2 is 1.91 bits per heavy atom. The van der Waals surface area contributed by atoms with Gasteiger partial charge in [0.15, 0.2) is 0 Å². The molecule has 22 heavy (non-hydrogen) atoms. The first-order valence-electron chi connectivity index (χ1n) is 8.29. The predicted molar refractivity (Wildman–Crippen MR) is 84.7 cm³/mol. The molecular weight excluding hydrogens is 282 g/mol. The molecule has 0 bridgehead atoms. The number of urea groups is 1. The molecule has 1 saturated carbocycles. The summed E-state index contributed by atoms with van der Waals surface area (Å²) >= 11 is 0. The van der Waals surface area contributed by atoms with Crippen LogP contribution in [0, 0.1) is 5.92 Å². The van der Waals surface area contributed by atoms with Crippen LogP contribution in [-0.2, 0) is 4.74 Å². The molecule has 0 aromatic rings. The zero-order valence-corrected chi connectivity index (χ0v) is 14.1. The normalized spacial score (nSPS) is 23.6. The van der Waals surface area contributed by atoms with Gasteiger partial charge in [-0.1, -0.05) is 0 Å². The summed E-state index contributed by atoms with van der Waals surface area (Å²) in [5.74, 6) is 0.270. The van der Waals surface area contributed by atoms with Crippen LogP contribution in [0.15, 0.2) is 0 Å². The van der Waals surface area contributed by atoms with Crippen molar-refractivity contribution >= 4 is 12.1 Å². The Hall–Kier alpha value is -1.46. The molecule has 1 aliphatic heterocycles. The van der Waals surface area contributed by atoms with Gasteiger partial charge in [-0.2, -0.15) is 0 Å². The highest BCUT2D eigenvalue weighted by atomic mass is 16.6. The number of nitrogens with zero attached hydrogens (tertiary/aromatic N) is 1. The highest BCUT2D eigenvalue weighted by molar-refractivity contribution is 5.75. The van der Waals surface area contributed by atoms with E-state index in [2.05, 4.69) is 10.6 Å². The first-order chi connectivity index (χ1) is 10.2. The first kappa shape index (κ1) is 16.9. The second-order valence-corrected chi connectivity index (χ2v) is 7.51. The summed E-state index contributed by atoms with van der Waals surface area (Å²) in [5, 5.41) is 5.93. The maximum atomic E-state index is 12.2. The lowest BCUT2D eigenvalue weighted by Gasteiger charge is -2.36. The molecule has 2 unspecified atom stereocenters. The van der Waals surface area contributed by atoms with E-state index < -0.39 is 5.60 Å². The fourth-order valence-electron chi connectivity index (χ4n) is 2.69. The van der Waals surface area contributed by atoms with Gasteiger partial charge < -0.3 is 20.3 Å². The third-order valence-electron chi connectivity index (χ3n) is 4.09. The molecule has 2 aliphatic rings. The third-order valence-corrected chi connectivity index (χ3v) is 4.09. The maximum absolute atomic E-state index is 12.2. The van der Waals surface area contributed by atoms with Crippen LogP contribution >= 0.6 is 0 Å². The van der Waals surface area contributed by atoms with Gasteiger partial charge >= 0.3 is 12.1 Å². The minimum Gasteiger partial charge on any atom is -0.444 e. The van der Waals surface area contributed by atoms with Gasteiger partial charge in [0.05, 0.1) is 0 Å². The number of carbonyl (C=O) groups excluding carboxylic acids is 2. The molecule has 2 N–H and O–H groups in total. The molecule has 1 saturated heterocycles. The number of likely N-dealkylation sites (tertiary alicyclic amines) is 1. The summed E-state index contributed by atoms with van der Waals surface area (Å²) in [6.45, 7) is 9.00. The summed E-state index contributed by atoms with van der Waals surface area (Å²) in [4.78, 5) is 25.7. The van der Waals surface area contributed by atoms with Crippen LogP contribution in [0.3, 0.4) is 0 Å². The van der Waals surface area contributed by atoms with Gasteiger partial charge in [-0.15, -0.1) is 0 Å². The Labute approximate surface area is 132 Å². The van der Waals surface area contributed by atoms with E-state index in [1.54, 1.807) is 4.90 Å². The van der Waals surface area contributed by atoms with Crippen LogP contribution in [0.5, 0.6) is 0 Å². The van der Waals surface area contributed by atoms with Crippen molar-refractivity contribution < 1.29 is 14.3 Å². The third kappa shape index (κ3) is 5.39. The van der Waals surface area contributed by atoms with E-state index >= 15 is 0 Å². The van der Waals surface area contributed by atoms with Crippen LogP contribution in [-0.4, -0.2) is 47.8 Å². The van der Waals surface area contributed by atoms with Crippen molar-refractivity contribution in [2.45, 2.75) is 71.1 Å². The van der Waals surface area contributed by atoms with Gasteiger partial charge in [0.1, 0.15) is 5.60 Å². The average molecular weight is 311 g/mol. The van der Waals surface area contributed by atoms with Crippen molar-refractivity contribution in [2.24, 2.45) is 5.92 Å². The molecule has 1 heterocycles. The summed E-state index contributed by atoms with van der Waals surface area (Å²) in [7, 11) is 0. The molecule has 6 heteroatoms. The van der Waals surface area contributed by atoms with Crippen molar-refractivity contribution in [1.29, 1.82) is 0 Å². The SMILES string of the molecule is CC(NC(=O)NC1CC1)C1CCCN(C(=O)OC(C)(C)C)C1. The van der Waals surface area contributed by atoms with Crippen molar-refractivity contribution in [3.05, 3.63) is 0 Å². The Bertz CT molecular complexity index is 415. The van der Waals surface area contributed by atoms with Crippen molar-refractivity contribution in [3.8, 4) is 0 Å². The number of carbonyl (C=O) groups is 2. The topological polar surface area (TPSA) is 70.7 Å². The molecular formula is C16H29N3O3. The lowest BCUT2D eigenvalue weighted by atomic mass is 9.92. The minimum atomic E-state index is -0.474. The van der Waals surface area contributed by atoms with Gasteiger partial charge in [-0.05, 0) is 59.3 Å². The van der Waals surface area contributed by atoms with Crippen molar-refractivity contribution in [3.63, 3.8) is 0 Å². The molecule has 0 aromatic carbocycles. The van der Waals surface area contributed by atoms with E-state index in [0.717, 1.165) is 32.2 Å². The van der Waals surface area contributed by atoms with E-state index in [1.807, 2.05) is 27.7 Å². The van der Waals surface area contributed by atoms with Gasteiger partial charge in [0.25, 0.3) is 0 Å². The monoisotopic (exact) mass is 311 g/mol. The summed E-state index contributed by atoms with van der Waals surface area (Å²) in [5.41, 5.74) is -0.474. The van der Waals surface area contributed by atoms with Crippen LogP contribution in [0.2, 0.25) is 0 Å². The zero-order valence-electron chi connectivity index (χ0n) is 14.1. The highest BCUT2D eigenvalue weighted by Gasteiger charge is 2.31. The number of rotatable bonds is 3. The second kappa shape index (κ2) is 6.75. The number of piperidine rings is 1. The Morgan fingerprint density at radius 3 is 2.50 bits per heavy atom. The molecule has 2 atom stereocenters. The molecule has 126 valence electrons. The fraction of sp³-hybridized carbons (Fsp3) is 0.875. The van der Waals surface area contributed by atoms with Crippen LogP contribution in [0.1, 0.15) is 53.4 Å². The van der Waals surface area contributed by atoms with Crippen LogP contribution < -0.4 is 10.6 Å². The maximum Gasteiger partial charge on any atom is 0.410 e. The van der Waals surface area contributed by atoms with Gasteiger partial charge in [0, 0.05) is 25.2 Å². The molecule has 0 spiro atoms. The number of ether oxygens (including phenoxy) is 1. The quantitative estimate of drug-likeness (QED) is 0.841. The van der Waals surface area contributed by atoms with E-state index in [9.17, 15) is 9.59 Å².